The molecule has 1 amide bonds. The maximum atomic E-state index is 12.7. The summed E-state index contributed by atoms with van der Waals surface area (Å²) < 4.78 is 1.74. The average molecular weight is 366 g/mol. The van der Waals surface area contributed by atoms with Crippen LogP contribution in [0.15, 0.2) is 48.8 Å². The number of aromatic hydroxyl groups is 1. The van der Waals surface area contributed by atoms with Gasteiger partial charge in [0.05, 0.1) is 12.6 Å². The first kappa shape index (κ1) is 18.6. The average Bonchev–Trinajstić information content (AvgIpc) is 3.17. The molecule has 3 aromatic rings. The van der Waals surface area contributed by atoms with E-state index in [1.54, 1.807) is 35.0 Å². The minimum atomic E-state index is -0.279. The summed E-state index contributed by atoms with van der Waals surface area (Å²) >= 11 is 0. The number of carbonyl (C=O) groups excluding carboxylic acids is 1. The lowest BCUT2D eigenvalue weighted by molar-refractivity contribution is 0.0937. The van der Waals surface area contributed by atoms with E-state index < -0.39 is 0 Å². The molecular weight excluding hydrogens is 344 g/mol. The van der Waals surface area contributed by atoms with Crippen LogP contribution in [0.5, 0.6) is 5.75 Å². The molecule has 1 aromatic heterocycles. The normalized spacial score (nSPS) is 12.0. The number of nitrogens with zero attached hydrogens (tertiary/aromatic N) is 3. The first-order valence-electron chi connectivity index (χ1n) is 8.75. The molecule has 1 heterocycles. The summed E-state index contributed by atoms with van der Waals surface area (Å²) in [6, 6.07) is 11.9. The molecule has 0 saturated heterocycles. The maximum Gasteiger partial charge on any atom is 0.251 e. The largest absolute Gasteiger partial charge is 0.508 e. The van der Waals surface area contributed by atoms with Gasteiger partial charge in [-0.05, 0) is 49.2 Å². The molecule has 140 valence electrons. The van der Waals surface area contributed by atoms with Crippen molar-refractivity contribution in [3.8, 4) is 16.9 Å². The molecule has 3 N–H and O–H groups in total. The summed E-state index contributed by atoms with van der Waals surface area (Å²) in [6.07, 6.45) is 1.48. The minimum Gasteiger partial charge on any atom is -0.508 e. The van der Waals surface area contributed by atoms with Crippen molar-refractivity contribution in [2.24, 2.45) is 0 Å². The van der Waals surface area contributed by atoms with Gasteiger partial charge in [-0.15, -0.1) is 0 Å². The van der Waals surface area contributed by atoms with E-state index in [4.69, 9.17) is 0 Å². The van der Waals surface area contributed by atoms with Crippen LogP contribution < -0.4 is 5.32 Å². The second-order valence-electron chi connectivity index (χ2n) is 6.21. The number of aromatic nitrogens is 3. The Morgan fingerprint density at radius 2 is 2.00 bits per heavy atom. The smallest absolute Gasteiger partial charge is 0.251 e. The van der Waals surface area contributed by atoms with E-state index >= 15 is 0 Å². The van der Waals surface area contributed by atoms with Gasteiger partial charge in [0.2, 0.25) is 0 Å². The third-order valence-electron chi connectivity index (χ3n) is 4.39. The van der Waals surface area contributed by atoms with E-state index in [9.17, 15) is 15.0 Å². The molecule has 7 nitrogen and oxygen atoms in total. The molecule has 2 aromatic carbocycles. The van der Waals surface area contributed by atoms with Gasteiger partial charge in [-0.2, -0.15) is 5.10 Å². The fourth-order valence-corrected chi connectivity index (χ4v) is 2.93. The standard InChI is InChI=1S/C20H22N4O3/c1-3-24-19(21-12-22-24)13(2)23-20(27)16-6-4-5-14(9-16)15-7-8-18(26)17(10-15)11-25/h4-10,12-13,25-26H,3,11H2,1-2H3,(H,23,27). The second kappa shape index (κ2) is 8.01. The predicted octanol–water partition coefficient (Wildman–Crippen LogP) is 2.65. The Morgan fingerprint density at radius 3 is 2.74 bits per heavy atom. The number of amides is 1. The number of aliphatic hydroxyl groups is 1. The lowest BCUT2D eigenvalue weighted by atomic mass is 10.0. The third kappa shape index (κ3) is 3.98. The molecule has 1 atom stereocenters. The minimum absolute atomic E-state index is 0.0454. The van der Waals surface area contributed by atoms with Crippen molar-refractivity contribution < 1.29 is 15.0 Å². The highest BCUT2D eigenvalue weighted by Gasteiger charge is 2.16. The van der Waals surface area contributed by atoms with Crippen LogP contribution in [0.1, 0.15) is 41.6 Å². The fourth-order valence-electron chi connectivity index (χ4n) is 2.93. The SMILES string of the molecule is CCn1ncnc1C(C)NC(=O)c1cccc(-c2ccc(O)c(CO)c2)c1. The summed E-state index contributed by atoms with van der Waals surface area (Å²) in [7, 11) is 0. The van der Waals surface area contributed by atoms with Gasteiger partial charge in [-0.25, -0.2) is 9.67 Å². The summed E-state index contributed by atoms with van der Waals surface area (Å²) in [5.74, 6) is 0.535. The molecule has 27 heavy (non-hydrogen) atoms. The summed E-state index contributed by atoms with van der Waals surface area (Å²) in [5, 5.41) is 26.1. The van der Waals surface area contributed by atoms with Crippen LogP contribution >= 0.6 is 0 Å². The molecule has 0 bridgehead atoms. The first-order valence-corrected chi connectivity index (χ1v) is 8.75. The van der Waals surface area contributed by atoms with Gasteiger partial charge in [0.25, 0.3) is 5.91 Å². The monoisotopic (exact) mass is 366 g/mol. The van der Waals surface area contributed by atoms with Crippen molar-refractivity contribution in [2.45, 2.75) is 33.0 Å². The van der Waals surface area contributed by atoms with Crippen LogP contribution in [0, 0.1) is 0 Å². The van der Waals surface area contributed by atoms with E-state index in [1.165, 1.54) is 12.4 Å². The van der Waals surface area contributed by atoms with E-state index in [0.717, 1.165) is 11.1 Å². The highest BCUT2D eigenvalue weighted by Crippen LogP contribution is 2.26. The van der Waals surface area contributed by atoms with E-state index in [0.29, 0.717) is 23.5 Å². The molecule has 3 rings (SSSR count). The van der Waals surface area contributed by atoms with Crippen molar-refractivity contribution in [2.75, 3.05) is 0 Å². The summed E-state index contributed by atoms with van der Waals surface area (Å²) in [5.41, 5.74) is 2.59. The van der Waals surface area contributed by atoms with Crippen molar-refractivity contribution in [1.29, 1.82) is 0 Å². The van der Waals surface area contributed by atoms with Gasteiger partial charge >= 0.3 is 0 Å². The van der Waals surface area contributed by atoms with Crippen molar-refractivity contribution in [1.82, 2.24) is 20.1 Å². The van der Waals surface area contributed by atoms with Crippen LogP contribution in [-0.4, -0.2) is 30.9 Å². The zero-order valence-corrected chi connectivity index (χ0v) is 15.3. The molecule has 0 spiro atoms. The summed E-state index contributed by atoms with van der Waals surface area (Å²) in [4.78, 5) is 16.9. The molecular formula is C20H22N4O3. The molecule has 0 fully saturated rings. The number of aryl methyl sites for hydroxylation is 1. The number of phenols is 1. The van der Waals surface area contributed by atoms with Gasteiger partial charge in [0, 0.05) is 17.7 Å². The molecule has 1 unspecified atom stereocenters. The number of hydrogen-bond donors (Lipinski definition) is 3. The molecule has 0 aliphatic heterocycles. The highest BCUT2D eigenvalue weighted by atomic mass is 16.3. The van der Waals surface area contributed by atoms with Gasteiger partial charge in [-0.3, -0.25) is 4.79 Å². The Hall–Kier alpha value is -3.19. The van der Waals surface area contributed by atoms with Crippen molar-refractivity contribution in [3.05, 3.63) is 65.7 Å². The Balaban J connectivity index is 1.82. The van der Waals surface area contributed by atoms with Crippen molar-refractivity contribution >= 4 is 5.91 Å². The lowest BCUT2D eigenvalue weighted by Crippen LogP contribution is -2.28. The molecule has 0 aliphatic carbocycles. The molecule has 0 aliphatic rings. The van der Waals surface area contributed by atoms with Gasteiger partial charge in [-0.1, -0.05) is 18.2 Å². The fraction of sp³-hybridized carbons (Fsp3) is 0.250. The zero-order valence-electron chi connectivity index (χ0n) is 15.3. The number of carbonyl (C=O) groups is 1. The van der Waals surface area contributed by atoms with Crippen LogP contribution in [0.3, 0.4) is 0 Å². The van der Waals surface area contributed by atoms with Crippen molar-refractivity contribution in [3.63, 3.8) is 0 Å². The lowest BCUT2D eigenvalue weighted by Gasteiger charge is -2.14. The first-order chi connectivity index (χ1) is 13.0. The number of aliphatic hydroxyl groups excluding tert-OH is 1. The van der Waals surface area contributed by atoms with Gasteiger partial charge in [0.15, 0.2) is 0 Å². The predicted molar refractivity (Wildman–Crippen MR) is 101 cm³/mol. The number of benzene rings is 2. The Bertz CT molecular complexity index is 952. The second-order valence-corrected chi connectivity index (χ2v) is 6.21. The Labute approximate surface area is 157 Å². The molecule has 0 radical (unpaired) electrons. The number of nitrogens with one attached hydrogen (secondary N) is 1. The van der Waals surface area contributed by atoms with Crippen LogP contribution in [-0.2, 0) is 13.2 Å². The maximum absolute atomic E-state index is 12.7. The quantitative estimate of drug-likeness (QED) is 0.623. The number of rotatable bonds is 6. The zero-order chi connectivity index (χ0) is 19.4. The Morgan fingerprint density at radius 1 is 1.22 bits per heavy atom. The van der Waals surface area contributed by atoms with E-state index in [2.05, 4.69) is 15.4 Å². The summed E-state index contributed by atoms with van der Waals surface area (Å²) in [6.45, 7) is 4.26. The number of hydrogen-bond acceptors (Lipinski definition) is 5. The van der Waals surface area contributed by atoms with Gasteiger partial charge < -0.3 is 15.5 Å². The van der Waals surface area contributed by atoms with E-state index in [-0.39, 0.29) is 24.3 Å². The topological polar surface area (TPSA) is 100 Å². The molecule has 0 saturated carbocycles. The highest BCUT2D eigenvalue weighted by molar-refractivity contribution is 5.95. The third-order valence-corrected chi connectivity index (χ3v) is 4.39. The van der Waals surface area contributed by atoms with Crippen LogP contribution in [0.4, 0.5) is 0 Å². The van der Waals surface area contributed by atoms with Crippen LogP contribution in [0.2, 0.25) is 0 Å². The Kier molecular flexibility index (Phi) is 5.52. The van der Waals surface area contributed by atoms with Gasteiger partial charge in [0.1, 0.15) is 17.9 Å². The molecule has 7 heteroatoms. The van der Waals surface area contributed by atoms with Crippen LogP contribution in [0.25, 0.3) is 11.1 Å². The van der Waals surface area contributed by atoms with E-state index in [1.807, 2.05) is 19.9 Å².